The fourth-order valence-corrected chi connectivity index (χ4v) is 2.07. The van der Waals surface area contributed by atoms with Crippen molar-refractivity contribution in [3.05, 3.63) is 34.6 Å². The molecular formula is C15H19ClN4O. The number of aromatic nitrogens is 2. The highest BCUT2D eigenvalue weighted by molar-refractivity contribution is 6.32. The number of nitrogens with two attached hydrogens (primary N) is 1. The average molecular weight is 307 g/mol. The van der Waals surface area contributed by atoms with Gasteiger partial charge in [0.15, 0.2) is 0 Å². The molecule has 112 valence electrons. The van der Waals surface area contributed by atoms with Gasteiger partial charge in [-0.05, 0) is 25.1 Å². The van der Waals surface area contributed by atoms with Crippen molar-refractivity contribution >= 4 is 28.9 Å². The minimum absolute atomic E-state index is 0.202. The largest absolute Gasteiger partial charge is 0.495 e. The molecule has 5 nitrogen and oxygen atoms in total. The molecule has 21 heavy (non-hydrogen) atoms. The molecule has 2 rings (SSSR count). The average Bonchev–Trinajstić information content (AvgIpc) is 2.43. The number of anilines is 3. The first-order valence-electron chi connectivity index (χ1n) is 6.67. The summed E-state index contributed by atoms with van der Waals surface area (Å²) in [6, 6.07) is 5.46. The number of benzene rings is 1. The number of halogens is 1. The van der Waals surface area contributed by atoms with E-state index in [0.29, 0.717) is 28.2 Å². The van der Waals surface area contributed by atoms with Crippen molar-refractivity contribution in [2.24, 2.45) is 0 Å². The zero-order valence-corrected chi connectivity index (χ0v) is 13.3. The number of hydrogen-bond donors (Lipinski definition) is 2. The van der Waals surface area contributed by atoms with Crippen LogP contribution < -0.4 is 15.8 Å². The van der Waals surface area contributed by atoms with Gasteiger partial charge in [0.25, 0.3) is 0 Å². The van der Waals surface area contributed by atoms with Crippen LogP contribution in [-0.4, -0.2) is 17.1 Å². The molecule has 0 saturated carbocycles. The van der Waals surface area contributed by atoms with E-state index in [2.05, 4.69) is 15.3 Å². The SMILES string of the molecule is COc1ccc(Nc2nc(C(C)C)nc(N)c2C)cc1Cl. The molecule has 0 fully saturated rings. The summed E-state index contributed by atoms with van der Waals surface area (Å²) in [5.74, 6) is 2.71. The van der Waals surface area contributed by atoms with Crippen molar-refractivity contribution in [3.63, 3.8) is 0 Å². The van der Waals surface area contributed by atoms with Crippen molar-refractivity contribution in [2.45, 2.75) is 26.7 Å². The van der Waals surface area contributed by atoms with Crippen molar-refractivity contribution < 1.29 is 4.74 Å². The zero-order valence-electron chi connectivity index (χ0n) is 12.6. The van der Waals surface area contributed by atoms with Gasteiger partial charge < -0.3 is 15.8 Å². The summed E-state index contributed by atoms with van der Waals surface area (Å²) >= 11 is 6.13. The summed E-state index contributed by atoms with van der Waals surface area (Å²) in [5.41, 5.74) is 7.58. The number of nitrogens with zero attached hydrogens (tertiary/aromatic N) is 2. The first kappa shape index (κ1) is 15.4. The number of methoxy groups -OCH3 is 1. The van der Waals surface area contributed by atoms with Gasteiger partial charge in [-0.1, -0.05) is 25.4 Å². The second-order valence-corrected chi connectivity index (χ2v) is 5.48. The van der Waals surface area contributed by atoms with Crippen LogP contribution in [0.4, 0.5) is 17.3 Å². The van der Waals surface area contributed by atoms with Crippen LogP contribution in [0.1, 0.15) is 31.2 Å². The fourth-order valence-electron chi connectivity index (χ4n) is 1.81. The van der Waals surface area contributed by atoms with E-state index < -0.39 is 0 Å². The third-order valence-corrected chi connectivity index (χ3v) is 3.43. The van der Waals surface area contributed by atoms with E-state index >= 15 is 0 Å². The second-order valence-electron chi connectivity index (χ2n) is 5.07. The molecule has 0 aliphatic rings. The summed E-state index contributed by atoms with van der Waals surface area (Å²) in [6.45, 7) is 5.93. The van der Waals surface area contributed by atoms with Crippen LogP contribution >= 0.6 is 11.6 Å². The summed E-state index contributed by atoms with van der Waals surface area (Å²) in [5, 5.41) is 3.76. The lowest BCUT2D eigenvalue weighted by molar-refractivity contribution is 0.415. The highest BCUT2D eigenvalue weighted by Gasteiger charge is 2.12. The second kappa shape index (κ2) is 6.18. The Labute approximate surface area is 129 Å². The van der Waals surface area contributed by atoms with Gasteiger partial charge in [-0.15, -0.1) is 0 Å². The molecule has 0 radical (unpaired) electrons. The number of ether oxygens (including phenoxy) is 1. The van der Waals surface area contributed by atoms with Gasteiger partial charge >= 0.3 is 0 Å². The molecule has 0 amide bonds. The van der Waals surface area contributed by atoms with Crippen molar-refractivity contribution in [1.82, 2.24) is 9.97 Å². The Morgan fingerprint density at radius 1 is 1.29 bits per heavy atom. The van der Waals surface area contributed by atoms with Crippen molar-refractivity contribution in [2.75, 3.05) is 18.2 Å². The molecule has 0 aliphatic heterocycles. The lowest BCUT2D eigenvalue weighted by Gasteiger charge is -2.14. The molecule has 0 aliphatic carbocycles. The normalized spacial score (nSPS) is 10.8. The summed E-state index contributed by atoms with van der Waals surface area (Å²) in [4.78, 5) is 8.82. The first-order valence-corrected chi connectivity index (χ1v) is 7.04. The van der Waals surface area contributed by atoms with Gasteiger partial charge in [0.2, 0.25) is 0 Å². The fraction of sp³-hybridized carbons (Fsp3) is 0.333. The highest BCUT2D eigenvalue weighted by Crippen LogP contribution is 2.30. The van der Waals surface area contributed by atoms with E-state index in [-0.39, 0.29) is 5.92 Å². The highest BCUT2D eigenvalue weighted by atomic mass is 35.5. The lowest BCUT2D eigenvalue weighted by atomic mass is 10.2. The smallest absolute Gasteiger partial charge is 0.139 e. The van der Waals surface area contributed by atoms with Crippen molar-refractivity contribution in [3.8, 4) is 5.75 Å². The van der Waals surface area contributed by atoms with E-state index in [9.17, 15) is 0 Å². The van der Waals surface area contributed by atoms with Gasteiger partial charge in [-0.2, -0.15) is 0 Å². The Kier molecular flexibility index (Phi) is 4.53. The molecule has 0 spiro atoms. The molecule has 0 atom stereocenters. The van der Waals surface area contributed by atoms with Crippen LogP contribution in [0.3, 0.4) is 0 Å². The maximum atomic E-state index is 6.13. The summed E-state index contributed by atoms with van der Waals surface area (Å²) < 4.78 is 5.14. The van der Waals surface area contributed by atoms with E-state index in [1.54, 1.807) is 19.2 Å². The summed E-state index contributed by atoms with van der Waals surface area (Å²) in [7, 11) is 1.58. The third kappa shape index (κ3) is 3.36. The molecule has 1 aromatic heterocycles. The van der Waals surface area contributed by atoms with Crippen LogP contribution in [0.2, 0.25) is 5.02 Å². The van der Waals surface area contributed by atoms with Crippen LogP contribution in [0.5, 0.6) is 5.75 Å². The van der Waals surface area contributed by atoms with Crippen molar-refractivity contribution in [1.29, 1.82) is 0 Å². The molecule has 1 aromatic carbocycles. The van der Waals surface area contributed by atoms with Gasteiger partial charge in [0.05, 0.1) is 12.1 Å². The molecule has 0 bridgehead atoms. The van der Waals surface area contributed by atoms with E-state index in [0.717, 1.165) is 11.3 Å². The molecule has 0 unspecified atom stereocenters. The lowest BCUT2D eigenvalue weighted by Crippen LogP contribution is -2.08. The molecule has 1 heterocycles. The topological polar surface area (TPSA) is 73.1 Å². The van der Waals surface area contributed by atoms with E-state index in [1.165, 1.54) is 0 Å². The first-order chi connectivity index (χ1) is 9.92. The maximum Gasteiger partial charge on any atom is 0.139 e. The standard InChI is InChI=1S/C15H19ClN4O/c1-8(2)14-19-13(17)9(3)15(20-14)18-10-5-6-12(21-4)11(16)7-10/h5-8H,1-4H3,(H3,17,18,19,20). The van der Waals surface area contributed by atoms with E-state index in [1.807, 2.05) is 26.8 Å². The molecule has 3 N–H and O–H groups in total. The monoisotopic (exact) mass is 306 g/mol. The molecular weight excluding hydrogens is 288 g/mol. The predicted octanol–water partition coefficient (Wildman–Crippen LogP) is 3.90. The van der Waals surface area contributed by atoms with Gasteiger partial charge in [-0.25, -0.2) is 9.97 Å². The van der Waals surface area contributed by atoms with Gasteiger partial charge in [0, 0.05) is 17.2 Å². The minimum atomic E-state index is 0.202. The number of nitrogens with one attached hydrogen (secondary N) is 1. The van der Waals surface area contributed by atoms with Crippen LogP contribution in [0.15, 0.2) is 18.2 Å². The third-order valence-electron chi connectivity index (χ3n) is 3.13. The zero-order chi connectivity index (χ0) is 15.6. The predicted molar refractivity (Wildman–Crippen MR) is 86.6 cm³/mol. The van der Waals surface area contributed by atoms with Crippen LogP contribution in [0, 0.1) is 6.92 Å². The minimum Gasteiger partial charge on any atom is -0.495 e. The Bertz CT molecular complexity index is 658. The Morgan fingerprint density at radius 2 is 2.00 bits per heavy atom. The molecule has 2 aromatic rings. The Hall–Kier alpha value is -2.01. The van der Waals surface area contributed by atoms with E-state index in [4.69, 9.17) is 22.1 Å². The van der Waals surface area contributed by atoms with Gasteiger partial charge in [-0.3, -0.25) is 0 Å². The number of nitrogen functional groups attached to an aromatic ring is 1. The maximum absolute atomic E-state index is 6.13. The van der Waals surface area contributed by atoms with Gasteiger partial charge in [0.1, 0.15) is 23.2 Å². The Balaban J connectivity index is 2.37. The van der Waals surface area contributed by atoms with Crippen LogP contribution in [-0.2, 0) is 0 Å². The quantitative estimate of drug-likeness (QED) is 0.896. The Morgan fingerprint density at radius 3 is 2.57 bits per heavy atom. The summed E-state index contributed by atoms with van der Waals surface area (Å²) in [6.07, 6.45) is 0. The number of hydrogen-bond acceptors (Lipinski definition) is 5. The molecule has 6 heteroatoms. The molecule has 0 saturated heterocycles. The van der Waals surface area contributed by atoms with Crippen LogP contribution in [0.25, 0.3) is 0 Å². The number of rotatable bonds is 4.